The van der Waals surface area contributed by atoms with Crippen molar-refractivity contribution in [2.24, 2.45) is 0 Å². The lowest BCUT2D eigenvalue weighted by atomic mass is 10.1. The number of carbonyl (C=O) groups excluding carboxylic acids is 5. The molecule has 0 unspecified atom stereocenters. The summed E-state index contributed by atoms with van der Waals surface area (Å²) in [5.74, 6) is -2.24. The lowest BCUT2D eigenvalue weighted by molar-refractivity contribution is -0.114. The van der Waals surface area contributed by atoms with Crippen LogP contribution in [0, 0.1) is 26.6 Å². The maximum atomic E-state index is 12.7. The van der Waals surface area contributed by atoms with Crippen molar-refractivity contribution in [3.05, 3.63) is 210 Å². The summed E-state index contributed by atoms with van der Waals surface area (Å²) in [7, 11) is 0. The van der Waals surface area contributed by atoms with Gasteiger partial charge in [0.15, 0.2) is 0 Å². The Bertz CT molecular complexity index is 2910. The maximum absolute atomic E-state index is 12.7. The number of benzene rings is 5. The Hall–Kier alpha value is -10.0. The molecule has 5 amide bonds. The first-order valence-electron chi connectivity index (χ1n) is 21.7. The first kappa shape index (κ1) is 52.9. The quantitative estimate of drug-likeness (QED) is 0.0483. The molecule has 366 valence electrons. The van der Waals surface area contributed by atoms with Crippen LogP contribution >= 0.6 is 0 Å². The molecule has 8 aromatic rings. The Kier molecular flexibility index (Phi) is 19.0. The molecule has 0 atom stereocenters. The number of aryl methyl sites for hydroxylation is 3. The second-order valence-corrected chi connectivity index (χ2v) is 15.6. The van der Waals surface area contributed by atoms with Gasteiger partial charge in [0.1, 0.15) is 17.3 Å². The number of hydrogen-bond acceptors (Lipinski definition) is 13. The Labute approximate surface area is 414 Å². The van der Waals surface area contributed by atoms with Crippen LogP contribution in [0.4, 0.5) is 49.9 Å². The van der Waals surface area contributed by atoms with Gasteiger partial charge in [-0.15, -0.1) is 0 Å². The number of nitrogens with two attached hydrogens (primary N) is 3. The smallest absolute Gasteiger partial charge is 0.275 e. The maximum Gasteiger partial charge on any atom is 0.275 e. The molecule has 3 aromatic heterocycles. The first-order chi connectivity index (χ1) is 34.4. The van der Waals surface area contributed by atoms with Crippen LogP contribution in [0.2, 0.25) is 0 Å². The van der Waals surface area contributed by atoms with Crippen LogP contribution in [0.5, 0.6) is 5.75 Å². The lowest BCUT2D eigenvalue weighted by Gasteiger charge is -2.09. The molecule has 72 heavy (non-hydrogen) atoms. The van der Waals surface area contributed by atoms with Crippen LogP contribution in [0.15, 0.2) is 165 Å². The monoisotopic (exact) mass is 970 g/mol. The number of carbonyl (C=O) groups is 5. The molecule has 0 saturated carbocycles. The predicted molar refractivity (Wildman–Crippen MR) is 278 cm³/mol. The van der Waals surface area contributed by atoms with E-state index >= 15 is 0 Å². The van der Waals surface area contributed by atoms with E-state index in [1.165, 1.54) is 44.0 Å². The highest BCUT2D eigenvalue weighted by atomic mass is 19.1. The number of phenols is 1. The zero-order valence-electron chi connectivity index (χ0n) is 39.5. The molecule has 5 aromatic carbocycles. The highest BCUT2D eigenvalue weighted by Gasteiger charge is 2.12. The van der Waals surface area contributed by atoms with Gasteiger partial charge in [0.2, 0.25) is 5.91 Å². The van der Waals surface area contributed by atoms with Crippen molar-refractivity contribution in [3.63, 3.8) is 0 Å². The molecule has 0 spiro atoms. The molecule has 12 N–H and O–H groups in total. The van der Waals surface area contributed by atoms with Crippen LogP contribution in [0.3, 0.4) is 0 Å². The van der Waals surface area contributed by atoms with Crippen molar-refractivity contribution in [1.29, 1.82) is 0 Å². The van der Waals surface area contributed by atoms with Gasteiger partial charge in [-0.3, -0.25) is 38.9 Å². The molecule has 0 fully saturated rings. The van der Waals surface area contributed by atoms with Crippen molar-refractivity contribution in [3.8, 4) is 5.75 Å². The molecule has 19 heteroatoms. The van der Waals surface area contributed by atoms with Gasteiger partial charge in [-0.2, -0.15) is 0 Å². The van der Waals surface area contributed by atoms with E-state index in [0.29, 0.717) is 56.5 Å². The fourth-order valence-corrected chi connectivity index (χ4v) is 6.09. The van der Waals surface area contributed by atoms with E-state index in [1.807, 2.05) is 45.0 Å². The molecule has 0 saturated heterocycles. The van der Waals surface area contributed by atoms with E-state index in [4.69, 9.17) is 17.2 Å². The minimum Gasteiger partial charge on any atom is -0.506 e. The SMILES string of the molecule is CC(=O)Nc1ccc(C(=O)Nc2ccc(C)cc2N)cc1.Cc1ccc(NC(=O)c2cccnc2)c(N)c1.Cc1ccc(NC(=O)c2cnccn2)c(N)c1.O=C(Nc1ccc(F)cc1O)c1cccnc1. The van der Waals surface area contributed by atoms with E-state index < -0.39 is 11.7 Å². The van der Waals surface area contributed by atoms with E-state index in [9.17, 15) is 33.5 Å². The number of aromatic hydroxyl groups is 1. The van der Waals surface area contributed by atoms with Gasteiger partial charge in [-0.25, -0.2) is 9.37 Å². The third-order valence-corrected chi connectivity index (χ3v) is 9.68. The average Bonchev–Trinajstić information content (AvgIpc) is 3.36. The van der Waals surface area contributed by atoms with E-state index in [-0.39, 0.29) is 40.8 Å². The molecule has 3 heterocycles. The van der Waals surface area contributed by atoms with Crippen LogP contribution < -0.4 is 43.8 Å². The molecular formula is C53H51FN12O6. The van der Waals surface area contributed by atoms with Gasteiger partial charge in [0.25, 0.3) is 23.6 Å². The van der Waals surface area contributed by atoms with Gasteiger partial charge in [-0.1, -0.05) is 18.2 Å². The molecule has 0 bridgehead atoms. The minimum atomic E-state index is -0.568. The van der Waals surface area contributed by atoms with Crippen molar-refractivity contribution in [2.75, 3.05) is 43.8 Å². The van der Waals surface area contributed by atoms with Gasteiger partial charge >= 0.3 is 0 Å². The van der Waals surface area contributed by atoms with Crippen LogP contribution in [0.25, 0.3) is 0 Å². The number of nitrogens with one attached hydrogen (secondary N) is 5. The number of nitrogen functional groups attached to an aromatic ring is 3. The summed E-state index contributed by atoms with van der Waals surface area (Å²) in [6.45, 7) is 7.25. The number of aromatic nitrogens is 4. The van der Waals surface area contributed by atoms with Crippen LogP contribution in [0.1, 0.15) is 65.2 Å². The minimum absolute atomic E-state index is 0.153. The topological polar surface area (TPSA) is 295 Å². The van der Waals surface area contributed by atoms with Gasteiger partial charge < -0.3 is 48.9 Å². The second kappa shape index (κ2) is 25.9. The third kappa shape index (κ3) is 16.6. The van der Waals surface area contributed by atoms with Crippen molar-refractivity contribution >= 4 is 75.0 Å². The standard InChI is InChI=1S/C16H17N3O2.C13H13N3O.C12H9FN2O2.C12H12N4O/c1-10-3-8-15(14(17)9-10)19-16(21)12-4-6-13(7-5-12)18-11(2)20;1-9-4-5-12(11(14)7-9)16-13(17)10-3-2-6-15-8-10;13-9-3-4-10(11(16)6-9)15-12(17)8-2-1-5-14-7-8;1-8-2-3-10(9(13)6-8)16-12(17)11-7-14-4-5-15-11/h3-9H,17H2,1-2H3,(H,18,20)(H,19,21);2-8H,14H2,1H3,(H,16,17);1-7,16H,(H,15,17);2-7H,13H2,1H3,(H,16,17). The second-order valence-electron chi connectivity index (χ2n) is 15.6. The molecule has 18 nitrogen and oxygen atoms in total. The van der Waals surface area contributed by atoms with E-state index in [2.05, 4.69) is 46.5 Å². The summed E-state index contributed by atoms with van der Waals surface area (Å²) in [5.41, 5.74) is 26.4. The highest BCUT2D eigenvalue weighted by molar-refractivity contribution is 6.07. The number of anilines is 8. The zero-order valence-corrected chi connectivity index (χ0v) is 39.5. The van der Waals surface area contributed by atoms with Crippen LogP contribution in [-0.2, 0) is 4.79 Å². The Morgan fingerprint density at radius 1 is 0.472 bits per heavy atom. The Balaban J connectivity index is 0.000000179. The molecular weight excluding hydrogens is 920 g/mol. The van der Waals surface area contributed by atoms with Crippen molar-refractivity contribution < 1.29 is 33.5 Å². The Morgan fingerprint density at radius 2 is 0.903 bits per heavy atom. The number of halogens is 1. The molecule has 0 aliphatic carbocycles. The number of hydrogen-bond donors (Lipinski definition) is 9. The number of nitrogens with zero attached hydrogens (tertiary/aromatic N) is 4. The number of rotatable bonds is 9. The van der Waals surface area contributed by atoms with Crippen LogP contribution in [-0.4, -0.2) is 54.6 Å². The third-order valence-electron chi connectivity index (χ3n) is 9.68. The normalized spacial score (nSPS) is 9.96. The molecule has 8 rings (SSSR count). The van der Waals surface area contributed by atoms with Gasteiger partial charge in [0.05, 0.1) is 57.1 Å². The first-order valence-corrected chi connectivity index (χ1v) is 21.7. The van der Waals surface area contributed by atoms with Crippen molar-refractivity contribution in [1.82, 2.24) is 19.9 Å². The number of amides is 5. The fourth-order valence-electron chi connectivity index (χ4n) is 6.09. The molecule has 0 aliphatic heterocycles. The summed E-state index contributed by atoms with van der Waals surface area (Å²) in [5, 5.41) is 22.7. The summed E-state index contributed by atoms with van der Waals surface area (Å²) in [6.07, 6.45) is 10.5. The Morgan fingerprint density at radius 3 is 1.31 bits per heavy atom. The predicted octanol–water partition coefficient (Wildman–Crippen LogP) is 8.81. The summed E-state index contributed by atoms with van der Waals surface area (Å²) in [6, 6.07) is 33.0. The summed E-state index contributed by atoms with van der Waals surface area (Å²) >= 11 is 0. The zero-order chi connectivity index (χ0) is 52.2. The van der Waals surface area contributed by atoms with Gasteiger partial charge in [-0.05, 0) is 135 Å². The fraction of sp³-hybridized carbons (Fsp3) is 0.0755. The molecule has 0 radical (unpaired) electrons. The largest absolute Gasteiger partial charge is 0.506 e. The van der Waals surface area contributed by atoms with E-state index in [1.54, 1.807) is 91.3 Å². The summed E-state index contributed by atoms with van der Waals surface area (Å²) < 4.78 is 12.7. The highest BCUT2D eigenvalue weighted by Crippen LogP contribution is 2.25. The summed E-state index contributed by atoms with van der Waals surface area (Å²) in [4.78, 5) is 73.8. The van der Waals surface area contributed by atoms with Crippen molar-refractivity contribution in [2.45, 2.75) is 27.7 Å². The van der Waals surface area contributed by atoms with E-state index in [0.717, 1.165) is 28.8 Å². The lowest BCUT2D eigenvalue weighted by Crippen LogP contribution is -2.14. The number of pyridine rings is 2. The van der Waals surface area contributed by atoms with Gasteiger partial charge in [0, 0.05) is 61.4 Å². The average molecular weight is 971 g/mol. The number of phenolic OH excluding ortho intramolecular Hbond substituents is 1. The molecule has 0 aliphatic rings.